The standard InChI is InChI=1S/C9H18F2N2O2/c1-9(2,3)15-8(14)13-5-6(12)4-7(10)11/h6-7H,4-5,12H2,1-3H3,(H,13,14). The Hall–Kier alpha value is -0.910. The maximum Gasteiger partial charge on any atom is 0.407 e. The van der Waals surface area contributed by atoms with Gasteiger partial charge in [-0.05, 0) is 20.8 Å². The maximum absolute atomic E-state index is 11.9. The molecule has 0 aliphatic heterocycles. The Morgan fingerprint density at radius 1 is 1.47 bits per heavy atom. The van der Waals surface area contributed by atoms with E-state index in [0.29, 0.717) is 0 Å². The molecular weight excluding hydrogens is 206 g/mol. The van der Waals surface area contributed by atoms with Crippen LogP contribution in [0.5, 0.6) is 0 Å². The Labute approximate surface area is 88.2 Å². The Kier molecular flexibility index (Phi) is 5.49. The van der Waals surface area contributed by atoms with E-state index >= 15 is 0 Å². The summed E-state index contributed by atoms with van der Waals surface area (Å²) < 4.78 is 28.6. The first-order valence-electron chi connectivity index (χ1n) is 4.71. The van der Waals surface area contributed by atoms with Crippen molar-refractivity contribution < 1.29 is 18.3 Å². The summed E-state index contributed by atoms with van der Waals surface area (Å²) in [6.45, 7) is 5.13. The van der Waals surface area contributed by atoms with Gasteiger partial charge in [0.1, 0.15) is 5.60 Å². The van der Waals surface area contributed by atoms with Crippen molar-refractivity contribution >= 4 is 6.09 Å². The number of amides is 1. The lowest BCUT2D eigenvalue weighted by atomic mass is 10.2. The van der Waals surface area contributed by atoms with E-state index in [1.54, 1.807) is 20.8 Å². The van der Waals surface area contributed by atoms with Crippen LogP contribution in [0.25, 0.3) is 0 Å². The van der Waals surface area contributed by atoms with E-state index < -0.39 is 30.6 Å². The molecule has 4 nitrogen and oxygen atoms in total. The third-order valence-electron chi connectivity index (χ3n) is 1.39. The molecule has 90 valence electrons. The number of carbonyl (C=O) groups excluding carboxylic acids is 1. The van der Waals surface area contributed by atoms with Gasteiger partial charge in [0.05, 0.1) is 0 Å². The molecule has 1 atom stereocenters. The van der Waals surface area contributed by atoms with E-state index in [9.17, 15) is 13.6 Å². The molecule has 3 N–H and O–H groups in total. The zero-order valence-electron chi connectivity index (χ0n) is 9.22. The van der Waals surface area contributed by atoms with E-state index in [-0.39, 0.29) is 6.54 Å². The first kappa shape index (κ1) is 14.1. The Morgan fingerprint density at radius 2 is 2.00 bits per heavy atom. The molecule has 0 radical (unpaired) electrons. The number of rotatable bonds is 4. The number of alkyl carbamates (subject to hydrolysis) is 1. The molecule has 0 heterocycles. The first-order valence-corrected chi connectivity index (χ1v) is 4.71. The second-order valence-electron chi connectivity index (χ2n) is 4.27. The summed E-state index contributed by atoms with van der Waals surface area (Å²) in [7, 11) is 0. The lowest BCUT2D eigenvalue weighted by Crippen LogP contribution is -2.40. The fourth-order valence-electron chi connectivity index (χ4n) is 0.841. The highest BCUT2D eigenvalue weighted by atomic mass is 19.3. The number of halogens is 2. The minimum absolute atomic E-state index is 0.0146. The van der Waals surface area contributed by atoms with Gasteiger partial charge in [-0.3, -0.25) is 0 Å². The summed E-state index contributed by atoms with van der Waals surface area (Å²) in [5, 5.41) is 2.32. The average molecular weight is 224 g/mol. The first-order chi connectivity index (χ1) is 6.70. The highest BCUT2D eigenvalue weighted by Gasteiger charge is 2.17. The average Bonchev–Trinajstić information content (AvgIpc) is 1.96. The van der Waals surface area contributed by atoms with Crippen LogP contribution < -0.4 is 11.1 Å². The topological polar surface area (TPSA) is 64.3 Å². The van der Waals surface area contributed by atoms with Crippen LogP contribution in [0.2, 0.25) is 0 Å². The minimum atomic E-state index is -2.46. The summed E-state index contributed by atoms with van der Waals surface area (Å²) in [5.74, 6) is 0. The third-order valence-corrected chi connectivity index (χ3v) is 1.39. The highest BCUT2D eigenvalue weighted by molar-refractivity contribution is 5.67. The van der Waals surface area contributed by atoms with E-state index in [1.165, 1.54) is 0 Å². The molecule has 0 spiro atoms. The summed E-state index contributed by atoms with van der Waals surface area (Å²) >= 11 is 0. The molecule has 0 bridgehead atoms. The van der Waals surface area contributed by atoms with Crippen LogP contribution in [-0.2, 0) is 4.74 Å². The van der Waals surface area contributed by atoms with Gasteiger partial charge in [-0.1, -0.05) is 0 Å². The number of alkyl halides is 2. The smallest absolute Gasteiger partial charge is 0.407 e. The van der Waals surface area contributed by atoms with Crippen molar-refractivity contribution in [3.63, 3.8) is 0 Å². The normalized spacial score (nSPS) is 13.8. The van der Waals surface area contributed by atoms with Gasteiger partial charge in [-0.15, -0.1) is 0 Å². The predicted molar refractivity (Wildman–Crippen MR) is 52.8 cm³/mol. The zero-order valence-corrected chi connectivity index (χ0v) is 9.22. The molecule has 6 heteroatoms. The maximum atomic E-state index is 11.9. The van der Waals surface area contributed by atoms with Crippen LogP contribution in [0.15, 0.2) is 0 Å². The van der Waals surface area contributed by atoms with Crippen molar-refractivity contribution in [1.29, 1.82) is 0 Å². The van der Waals surface area contributed by atoms with Crippen LogP contribution in [0.4, 0.5) is 13.6 Å². The van der Waals surface area contributed by atoms with Crippen molar-refractivity contribution in [1.82, 2.24) is 5.32 Å². The lowest BCUT2D eigenvalue weighted by molar-refractivity contribution is 0.0516. The number of ether oxygens (including phenoxy) is 1. The molecule has 15 heavy (non-hydrogen) atoms. The van der Waals surface area contributed by atoms with Crippen molar-refractivity contribution in [3.8, 4) is 0 Å². The largest absolute Gasteiger partial charge is 0.444 e. The van der Waals surface area contributed by atoms with Gasteiger partial charge in [0, 0.05) is 19.0 Å². The molecule has 0 aromatic rings. The number of nitrogens with two attached hydrogens (primary N) is 1. The van der Waals surface area contributed by atoms with Gasteiger partial charge in [0.2, 0.25) is 6.43 Å². The van der Waals surface area contributed by atoms with Crippen LogP contribution in [0.1, 0.15) is 27.2 Å². The Morgan fingerprint density at radius 3 is 2.40 bits per heavy atom. The number of nitrogens with one attached hydrogen (secondary N) is 1. The van der Waals surface area contributed by atoms with Crippen molar-refractivity contribution in [2.75, 3.05) is 6.54 Å². The van der Waals surface area contributed by atoms with Crippen LogP contribution in [0, 0.1) is 0 Å². The third kappa shape index (κ3) is 9.40. The summed E-state index contributed by atoms with van der Waals surface area (Å²) in [5.41, 5.74) is 4.74. The van der Waals surface area contributed by atoms with E-state index in [0.717, 1.165) is 0 Å². The molecular formula is C9H18F2N2O2. The van der Waals surface area contributed by atoms with Crippen LogP contribution in [0.3, 0.4) is 0 Å². The molecule has 0 saturated heterocycles. The molecule has 0 fully saturated rings. The Bertz CT molecular complexity index is 205. The minimum Gasteiger partial charge on any atom is -0.444 e. The summed E-state index contributed by atoms with van der Waals surface area (Å²) in [6.07, 6.45) is -3.54. The fraction of sp³-hybridized carbons (Fsp3) is 0.889. The zero-order chi connectivity index (χ0) is 12.1. The molecule has 1 unspecified atom stereocenters. The Balaban J connectivity index is 3.72. The molecule has 0 aromatic heterocycles. The lowest BCUT2D eigenvalue weighted by Gasteiger charge is -2.20. The van der Waals surface area contributed by atoms with Gasteiger partial charge >= 0.3 is 6.09 Å². The van der Waals surface area contributed by atoms with Crippen LogP contribution in [-0.4, -0.2) is 30.7 Å². The van der Waals surface area contributed by atoms with Crippen molar-refractivity contribution in [3.05, 3.63) is 0 Å². The van der Waals surface area contributed by atoms with E-state index in [2.05, 4.69) is 5.32 Å². The summed E-state index contributed by atoms with van der Waals surface area (Å²) in [6, 6.07) is -0.752. The van der Waals surface area contributed by atoms with Gasteiger partial charge < -0.3 is 15.8 Å². The van der Waals surface area contributed by atoms with E-state index in [1.807, 2.05) is 0 Å². The number of hydrogen-bond acceptors (Lipinski definition) is 3. The monoisotopic (exact) mass is 224 g/mol. The molecule has 1 amide bonds. The van der Waals surface area contributed by atoms with Gasteiger partial charge in [0.15, 0.2) is 0 Å². The van der Waals surface area contributed by atoms with E-state index in [4.69, 9.17) is 10.5 Å². The summed E-state index contributed by atoms with van der Waals surface area (Å²) in [4.78, 5) is 11.1. The van der Waals surface area contributed by atoms with Crippen LogP contribution >= 0.6 is 0 Å². The van der Waals surface area contributed by atoms with Gasteiger partial charge in [-0.25, -0.2) is 13.6 Å². The number of carbonyl (C=O) groups is 1. The second kappa shape index (κ2) is 5.85. The van der Waals surface area contributed by atoms with Gasteiger partial charge in [0.25, 0.3) is 0 Å². The second-order valence-corrected chi connectivity index (χ2v) is 4.27. The highest BCUT2D eigenvalue weighted by Crippen LogP contribution is 2.06. The van der Waals surface area contributed by atoms with Crippen molar-refractivity contribution in [2.24, 2.45) is 5.73 Å². The molecule has 0 aliphatic rings. The fourth-order valence-corrected chi connectivity index (χ4v) is 0.841. The number of hydrogen-bond donors (Lipinski definition) is 2. The molecule has 0 aliphatic carbocycles. The van der Waals surface area contributed by atoms with Gasteiger partial charge in [-0.2, -0.15) is 0 Å². The quantitative estimate of drug-likeness (QED) is 0.760. The van der Waals surface area contributed by atoms with Crippen molar-refractivity contribution in [2.45, 2.75) is 45.3 Å². The molecule has 0 aromatic carbocycles. The molecule has 0 saturated carbocycles. The SMILES string of the molecule is CC(C)(C)OC(=O)NCC(N)CC(F)F. The predicted octanol–water partition coefficient (Wildman–Crippen LogP) is 1.49. The molecule has 0 rings (SSSR count).